The van der Waals surface area contributed by atoms with Gasteiger partial charge in [0.25, 0.3) is 11.8 Å². The number of aromatic amines is 1. The molecule has 0 saturated carbocycles. The third kappa shape index (κ3) is 3.34. The summed E-state index contributed by atoms with van der Waals surface area (Å²) in [4.78, 5) is 36.2. The largest absolute Gasteiger partial charge is 0.494 e. The molecule has 0 aliphatic rings. The molecule has 2 amide bonds. The molecule has 0 radical (unpaired) electrons. The predicted molar refractivity (Wildman–Crippen MR) is 113 cm³/mol. The highest BCUT2D eigenvalue weighted by atomic mass is 35.5. The van der Waals surface area contributed by atoms with Crippen LogP contribution in [0.4, 0.5) is 5.95 Å². The molecule has 11 heteroatoms. The van der Waals surface area contributed by atoms with Crippen LogP contribution in [0.3, 0.4) is 0 Å². The number of nitrogens with two attached hydrogens (primary N) is 1. The minimum absolute atomic E-state index is 0.134. The molecular weight excluding hydrogens is 431 g/mol. The maximum absolute atomic E-state index is 13.1. The number of carbonyl (C=O) groups is 2. The van der Waals surface area contributed by atoms with Gasteiger partial charge in [0, 0.05) is 0 Å². The van der Waals surface area contributed by atoms with Gasteiger partial charge in [0.05, 0.1) is 28.4 Å². The summed E-state index contributed by atoms with van der Waals surface area (Å²) in [5.41, 5.74) is 6.52. The van der Waals surface area contributed by atoms with Crippen LogP contribution in [0.25, 0.3) is 16.7 Å². The molecule has 0 atom stereocenters. The molecule has 2 aromatic carbocycles. The lowest BCUT2D eigenvalue weighted by atomic mass is 10.2. The molecule has 2 heterocycles. The molecule has 0 aliphatic carbocycles. The second kappa shape index (κ2) is 7.69. The maximum atomic E-state index is 13.1. The Morgan fingerprint density at radius 2 is 1.87 bits per heavy atom. The van der Waals surface area contributed by atoms with E-state index in [-0.39, 0.29) is 33.1 Å². The highest BCUT2D eigenvalue weighted by Crippen LogP contribution is 2.30. The molecule has 4 N–H and O–H groups in total. The fourth-order valence-corrected chi connectivity index (χ4v) is 3.61. The predicted octanol–water partition coefficient (Wildman–Crippen LogP) is 3.42. The Morgan fingerprint density at radius 3 is 2.53 bits per heavy atom. The molecular formula is C19H14Cl2N6O3. The van der Waals surface area contributed by atoms with E-state index in [0.29, 0.717) is 16.8 Å². The number of amides is 2. The number of nitrogens with one attached hydrogen (secondary N) is 2. The molecule has 0 spiro atoms. The minimum Gasteiger partial charge on any atom is -0.494 e. The van der Waals surface area contributed by atoms with Crippen LogP contribution in [0, 0.1) is 0 Å². The van der Waals surface area contributed by atoms with Gasteiger partial charge in [0.2, 0.25) is 5.95 Å². The van der Waals surface area contributed by atoms with E-state index in [2.05, 4.69) is 20.3 Å². The van der Waals surface area contributed by atoms with E-state index < -0.39 is 11.8 Å². The molecule has 0 fully saturated rings. The first-order valence-electron chi connectivity index (χ1n) is 8.56. The Hall–Kier alpha value is -3.56. The van der Waals surface area contributed by atoms with E-state index >= 15 is 0 Å². The number of H-pyrrole nitrogens is 1. The standard InChI is InChI=1S/C19H14Cl2N6O3/c1-30-12-7-3-6-11-13(12)25-19(24-11)26-18(29)16-14(17(22)28)23-8-27(16)15-9(20)4-2-5-10(15)21/h2-8H,1H3,(H2,22,28)(H2,24,25,26,29). The first-order valence-corrected chi connectivity index (χ1v) is 9.32. The van der Waals surface area contributed by atoms with E-state index in [4.69, 9.17) is 33.7 Å². The van der Waals surface area contributed by atoms with Crippen LogP contribution in [0.2, 0.25) is 10.0 Å². The summed E-state index contributed by atoms with van der Waals surface area (Å²) in [6.07, 6.45) is 1.25. The van der Waals surface area contributed by atoms with Crippen molar-refractivity contribution in [2.24, 2.45) is 5.73 Å². The highest BCUT2D eigenvalue weighted by Gasteiger charge is 2.26. The van der Waals surface area contributed by atoms with Crippen molar-refractivity contribution in [3.8, 4) is 11.4 Å². The van der Waals surface area contributed by atoms with Gasteiger partial charge >= 0.3 is 0 Å². The van der Waals surface area contributed by atoms with Crippen molar-refractivity contribution in [2.75, 3.05) is 12.4 Å². The monoisotopic (exact) mass is 444 g/mol. The van der Waals surface area contributed by atoms with Gasteiger partial charge < -0.3 is 15.5 Å². The molecule has 4 rings (SSSR count). The lowest BCUT2D eigenvalue weighted by molar-refractivity contribution is 0.0970. The topological polar surface area (TPSA) is 128 Å². The van der Waals surface area contributed by atoms with Crippen molar-refractivity contribution in [2.45, 2.75) is 0 Å². The number of ether oxygens (including phenoxy) is 1. The number of hydrogen-bond acceptors (Lipinski definition) is 5. The Kier molecular flexibility index (Phi) is 5.06. The summed E-state index contributed by atoms with van der Waals surface area (Å²) in [6, 6.07) is 10.2. The first kappa shape index (κ1) is 19.7. The van der Waals surface area contributed by atoms with Gasteiger partial charge in [-0.05, 0) is 24.3 Å². The van der Waals surface area contributed by atoms with Gasteiger partial charge in [-0.3, -0.25) is 19.5 Å². The van der Waals surface area contributed by atoms with Crippen LogP contribution >= 0.6 is 23.2 Å². The van der Waals surface area contributed by atoms with Crippen molar-refractivity contribution in [1.29, 1.82) is 0 Å². The minimum atomic E-state index is -0.881. The number of aromatic nitrogens is 4. The van der Waals surface area contributed by atoms with Crippen LogP contribution in [0.5, 0.6) is 5.75 Å². The van der Waals surface area contributed by atoms with Gasteiger partial charge in [0.1, 0.15) is 23.3 Å². The summed E-state index contributed by atoms with van der Waals surface area (Å²) in [5.74, 6) is -0.883. The number of methoxy groups -OCH3 is 1. The van der Waals surface area contributed by atoms with Gasteiger partial charge in [-0.2, -0.15) is 0 Å². The number of imidazole rings is 2. The van der Waals surface area contributed by atoms with Crippen LogP contribution in [-0.2, 0) is 0 Å². The zero-order valence-corrected chi connectivity index (χ0v) is 17.0. The summed E-state index contributed by atoms with van der Waals surface area (Å²) in [7, 11) is 1.52. The molecule has 152 valence electrons. The Morgan fingerprint density at radius 1 is 1.17 bits per heavy atom. The number of anilines is 1. The molecule has 0 saturated heterocycles. The Bertz CT molecular complexity index is 1280. The molecule has 0 aliphatic heterocycles. The summed E-state index contributed by atoms with van der Waals surface area (Å²) in [6.45, 7) is 0. The average Bonchev–Trinajstić information content (AvgIpc) is 3.31. The van der Waals surface area contributed by atoms with Crippen molar-refractivity contribution in [1.82, 2.24) is 19.5 Å². The highest BCUT2D eigenvalue weighted by molar-refractivity contribution is 6.37. The van der Waals surface area contributed by atoms with Crippen molar-refractivity contribution >= 4 is 52.0 Å². The van der Waals surface area contributed by atoms with Crippen molar-refractivity contribution in [3.05, 3.63) is 64.2 Å². The lowest BCUT2D eigenvalue weighted by Crippen LogP contribution is -2.23. The van der Waals surface area contributed by atoms with Gasteiger partial charge in [0.15, 0.2) is 5.69 Å². The summed E-state index contributed by atoms with van der Waals surface area (Å²) in [5, 5.41) is 3.14. The zero-order valence-electron chi connectivity index (χ0n) is 15.4. The number of hydrogen-bond donors (Lipinski definition) is 3. The van der Waals surface area contributed by atoms with Gasteiger partial charge in [-0.1, -0.05) is 35.3 Å². The third-order valence-electron chi connectivity index (χ3n) is 4.32. The SMILES string of the molecule is COc1cccc2[nH]c(NC(=O)c3c(C(N)=O)ncn3-c3c(Cl)cccc3Cl)nc12. The zero-order chi connectivity index (χ0) is 21.4. The van der Waals surface area contributed by atoms with E-state index in [1.807, 2.05) is 0 Å². The van der Waals surface area contributed by atoms with Gasteiger partial charge in [-0.15, -0.1) is 0 Å². The first-order chi connectivity index (χ1) is 14.4. The number of fused-ring (bicyclic) bond motifs is 1. The molecule has 30 heavy (non-hydrogen) atoms. The fourth-order valence-electron chi connectivity index (χ4n) is 3.03. The summed E-state index contributed by atoms with van der Waals surface area (Å²) >= 11 is 12.5. The van der Waals surface area contributed by atoms with Crippen LogP contribution in [-0.4, -0.2) is 38.4 Å². The second-order valence-electron chi connectivity index (χ2n) is 6.14. The van der Waals surface area contributed by atoms with E-state index in [1.54, 1.807) is 36.4 Å². The average molecular weight is 445 g/mol. The third-order valence-corrected chi connectivity index (χ3v) is 4.93. The molecule has 4 aromatic rings. The van der Waals surface area contributed by atoms with E-state index in [1.165, 1.54) is 18.0 Å². The smallest absolute Gasteiger partial charge is 0.277 e. The molecule has 9 nitrogen and oxygen atoms in total. The van der Waals surface area contributed by atoms with Crippen LogP contribution in [0.15, 0.2) is 42.7 Å². The quantitative estimate of drug-likeness (QED) is 0.434. The number of para-hydroxylation sites is 2. The summed E-state index contributed by atoms with van der Waals surface area (Å²) < 4.78 is 6.58. The number of nitrogens with zero attached hydrogens (tertiary/aromatic N) is 3. The lowest BCUT2D eigenvalue weighted by Gasteiger charge is -2.12. The number of benzene rings is 2. The molecule has 0 bridgehead atoms. The molecule has 2 aromatic heterocycles. The van der Waals surface area contributed by atoms with Crippen LogP contribution in [0.1, 0.15) is 21.0 Å². The van der Waals surface area contributed by atoms with E-state index in [0.717, 1.165) is 0 Å². The molecule has 0 unspecified atom stereocenters. The van der Waals surface area contributed by atoms with Crippen molar-refractivity contribution < 1.29 is 14.3 Å². The number of halogens is 2. The maximum Gasteiger partial charge on any atom is 0.277 e. The van der Waals surface area contributed by atoms with Gasteiger partial charge in [-0.25, -0.2) is 9.97 Å². The Labute approximate surface area is 179 Å². The number of primary amides is 1. The fraction of sp³-hybridized carbons (Fsp3) is 0.0526. The Balaban J connectivity index is 1.79. The number of rotatable bonds is 5. The van der Waals surface area contributed by atoms with Crippen molar-refractivity contribution in [3.63, 3.8) is 0 Å². The number of carbonyl (C=O) groups excluding carboxylic acids is 2. The second-order valence-corrected chi connectivity index (χ2v) is 6.96. The normalized spacial score (nSPS) is 10.9. The van der Waals surface area contributed by atoms with E-state index in [9.17, 15) is 9.59 Å². The van der Waals surface area contributed by atoms with Crippen LogP contribution < -0.4 is 15.8 Å².